The second-order valence-electron chi connectivity index (χ2n) is 8.95. The first kappa shape index (κ1) is 32.5. The summed E-state index contributed by atoms with van der Waals surface area (Å²) in [5.41, 5.74) is 0.780. The molecular formula is C25H27Cl2FN4O7S2. The molecule has 1 aliphatic rings. The highest BCUT2D eigenvalue weighted by Crippen LogP contribution is 2.39. The lowest BCUT2D eigenvalue weighted by Crippen LogP contribution is -2.47. The monoisotopic (exact) mass is 648 g/mol. The fourth-order valence-electron chi connectivity index (χ4n) is 3.64. The van der Waals surface area contributed by atoms with Crippen molar-refractivity contribution in [3.05, 3.63) is 76.0 Å². The van der Waals surface area contributed by atoms with Gasteiger partial charge in [-0.15, -0.1) is 0 Å². The number of likely N-dealkylation sites (N-methyl/N-ethyl adjacent to an activating group) is 1. The number of nitrogens with one attached hydrogen (secondary N) is 2. The van der Waals surface area contributed by atoms with Crippen molar-refractivity contribution < 1.29 is 35.7 Å². The van der Waals surface area contributed by atoms with Crippen molar-refractivity contribution in [3.8, 4) is 5.75 Å². The van der Waals surface area contributed by atoms with Gasteiger partial charge in [-0.1, -0.05) is 47.0 Å². The van der Waals surface area contributed by atoms with E-state index in [9.17, 15) is 31.1 Å². The SMILES string of the molecule is CN1CCN(S(=O)(=O)c2c(Cl)ccc(NC(=O)Nc3cccc(F)c3Cl)c2O)CC1.Cc1ccc(S(=O)(=O)O)cc1. The maximum Gasteiger partial charge on any atom is 0.323 e. The third-order valence-electron chi connectivity index (χ3n) is 5.91. The van der Waals surface area contributed by atoms with Gasteiger partial charge in [0, 0.05) is 26.2 Å². The number of carbonyl (C=O) groups is 1. The van der Waals surface area contributed by atoms with E-state index in [4.69, 9.17) is 27.8 Å². The lowest BCUT2D eigenvalue weighted by atomic mass is 10.2. The van der Waals surface area contributed by atoms with Gasteiger partial charge in [0.2, 0.25) is 10.0 Å². The van der Waals surface area contributed by atoms with Crippen molar-refractivity contribution >= 4 is 60.7 Å². The lowest BCUT2D eigenvalue weighted by molar-refractivity contribution is 0.222. The fourth-order valence-corrected chi connectivity index (χ4v) is 6.31. The number of rotatable bonds is 5. The first-order valence-electron chi connectivity index (χ1n) is 11.9. The highest BCUT2D eigenvalue weighted by atomic mass is 35.5. The topological polar surface area (TPSA) is 156 Å². The van der Waals surface area contributed by atoms with Crippen LogP contribution in [0.4, 0.5) is 20.6 Å². The van der Waals surface area contributed by atoms with Gasteiger partial charge in [0.1, 0.15) is 10.7 Å². The number of halogens is 3. The number of urea groups is 1. The number of aromatic hydroxyl groups is 1. The van der Waals surface area contributed by atoms with Gasteiger partial charge in [0.25, 0.3) is 10.1 Å². The summed E-state index contributed by atoms with van der Waals surface area (Å²) in [4.78, 5) is 13.7. The highest BCUT2D eigenvalue weighted by molar-refractivity contribution is 7.89. The van der Waals surface area contributed by atoms with Crippen molar-refractivity contribution in [1.29, 1.82) is 0 Å². The molecule has 0 saturated carbocycles. The molecule has 0 spiro atoms. The van der Waals surface area contributed by atoms with Gasteiger partial charge in [-0.2, -0.15) is 12.7 Å². The minimum Gasteiger partial charge on any atom is -0.504 e. The van der Waals surface area contributed by atoms with Crippen LogP contribution in [0.15, 0.2) is 64.4 Å². The molecule has 4 N–H and O–H groups in total. The van der Waals surface area contributed by atoms with Crippen LogP contribution in [-0.4, -0.2) is 75.0 Å². The molecule has 0 unspecified atom stereocenters. The Labute approximate surface area is 247 Å². The Balaban J connectivity index is 0.000000352. The molecule has 1 saturated heterocycles. The maximum absolute atomic E-state index is 13.5. The molecule has 1 heterocycles. The van der Waals surface area contributed by atoms with Crippen LogP contribution in [0.1, 0.15) is 5.56 Å². The summed E-state index contributed by atoms with van der Waals surface area (Å²) < 4.78 is 70.3. The summed E-state index contributed by atoms with van der Waals surface area (Å²) in [6.07, 6.45) is 0. The van der Waals surface area contributed by atoms with Crippen molar-refractivity contribution in [2.75, 3.05) is 43.9 Å². The van der Waals surface area contributed by atoms with Gasteiger partial charge >= 0.3 is 6.03 Å². The Morgan fingerprint density at radius 2 is 1.49 bits per heavy atom. The Kier molecular flexibility index (Phi) is 10.6. The van der Waals surface area contributed by atoms with Crippen LogP contribution in [0.5, 0.6) is 5.75 Å². The number of phenols is 1. The quantitative estimate of drug-likeness (QED) is 0.230. The summed E-state index contributed by atoms with van der Waals surface area (Å²) in [5, 5.41) is 14.8. The Morgan fingerprint density at radius 1 is 0.902 bits per heavy atom. The average Bonchev–Trinajstić information content (AvgIpc) is 2.89. The van der Waals surface area contributed by atoms with Crippen LogP contribution < -0.4 is 10.6 Å². The van der Waals surface area contributed by atoms with Gasteiger partial charge in [-0.3, -0.25) is 4.55 Å². The van der Waals surface area contributed by atoms with Crippen LogP contribution in [0, 0.1) is 12.7 Å². The van der Waals surface area contributed by atoms with Gasteiger partial charge in [-0.05, 0) is 50.4 Å². The van der Waals surface area contributed by atoms with Crippen LogP contribution in [0.3, 0.4) is 0 Å². The number of carbonyl (C=O) groups excluding carboxylic acids is 1. The summed E-state index contributed by atoms with van der Waals surface area (Å²) in [7, 11) is -6.24. The largest absolute Gasteiger partial charge is 0.504 e. The summed E-state index contributed by atoms with van der Waals surface area (Å²) >= 11 is 11.9. The molecule has 2 amide bonds. The van der Waals surface area contributed by atoms with Crippen LogP contribution in [-0.2, 0) is 20.1 Å². The fraction of sp³-hybridized carbons (Fsp3) is 0.240. The molecule has 3 aromatic carbocycles. The van der Waals surface area contributed by atoms with Crippen molar-refractivity contribution in [2.45, 2.75) is 16.7 Å². The van der Waals surface area contributed by atoms with E-state index in [-0.39, 0.29) is 39.4 Å². The highest BCUT2D eigenvalue weighted by Gasteiger charge is 2.33. The van der Waals surface area contributed by atoms with Crippen LogP contribution in [0.2, 0.25) is 10.0 Å². The standard InChI is InChI=1S/C18H19Cl2FN4O4S.C7H8O3S/c1-24-7-9-25(10-8-24)30(28,29)17-11(19)5-6-14(16(17)26)23-18(27)22-13-4-2-3-12(21)15(13)20;1-6-2-4-7(5-3-6)11(8,9)10/h2-6,26H,7-10H2,1H3,(H2,22,23,27);2-5H,1H3,(H,8,9,10). The molecule has 0 radical (unpaired) electrons. The van der Waals surface area contributed by atoms with Crippen molar-refractivity contribution in [1.82, 2.24) is 9.21 Å². The molecule has 1 aliphatic heterocycles. The molecule has 11 nitrogen and oxygen atoms in total. The van der Waals surface area contributed by atoms with Crippen molar-refractivity contribution in [2.24, 2.45) is 0 Å². The average molecular weight is 650 g/mol. The lowest BCUT2D eigenvalue weighted by Gasteiger charge is -2.32. The number of piperazine rings is 1. The molecule has 3 aromatic rings. The van der Waals surface area contributed by atoms with Crippen LogP contribution >= 0.6 is 23.2 Å². The Hall–Kier alpha value is -2.98. The first-order chi connectivity index (χ1) is 19.1. The second-order valence-corrected chi connectivity index (χ2v) is 13.0. The van der Waals surface area contributed by atoms with Crippen molar-refractivity contribution in [3.63, 3.8) is 0 Å². The maximum atomic E-state index is 13.5. The molecule has 16 heteroatoms. The number of aryl methyl sites for hydroxylation is 1. The minimum atomic E-state index is -4.09. The molecule has 4 rings (SSSR count). The molecule has 0 atom stereocenters. The Morgan fingerprint density at radius 3 is 2.07 bits per heavy atom. The zero-order valence-corrected chi connectivity index (χ0v) is 24.9. The van der Waals surface area contributed by atoms with E-state index in [1.807, 2.05) is 18.9 Å². The minimum absolute atomic E-state index is 0.00732. The molecule has 0 aliphatic carbocycles. The molecule has 222 valence electrons. The summed E-state index contributed by atoms with van der Waals surface area (Å²) in [5.74, 6) is -1.41. The number of nitrogens with zero attached hydrogens (tertiary/aromatic N) is 2. The number of benzene rings is 3. The number of anilines is 2. The van der Waals surface area contributed by atoms with Gasteiger partial charge in [0.15, 0.2) is 5.75 Å². The summed E-state index contributed by atoms with van der Waals surface area (Å²) in [6, 6.07) is 11.5. The number of hydrogen-bond acceptors (Lipinski definition) is 7. The Bertz CT molecular complexity index is 1630. The van der Waals surface area contributed by atoms with E-state index in [1.165, 1.54) is 40.7 Å². The number of sulfonamides is 1. The zero-order chi connectivity index (χ0) is 30.5. The van der Waals surface area contributed by atoms with E-state index in [2.05, 4.69) is 10.6 Å². The zero-order valence-electron chi connectivity index (χ0n) is 21.8. The summed E-state index contributed by atoms with van der Waals surface area (Å²) in [6.45, 7) is 3.39. The normalized spacial score (nSPS) is 14.6. The van der Waals surface area contributed by atoms with Gasteiger partial charge in [-0.25, -0.2) is 17.6 Å². The van der Waals surface area contributed by atoms with Gasteiger partial charge in [0.05, 0.1) is 26.3 Å². The molecule has 0 bridgehead atoms. The second kappa shape index (κ2) is 13.3. The number of hydrogen-bond donors (Lipinski definition) is 4. The smallest absolute Gasteiger partial charge is 0.323 e. The molecule has 1 fully saturated rings. The third kappa shape index (κ3) is 8.29. The molecule has 41 heavy (non-hydrogen) atoms. The van der Waals surface area contributed by atoms with E-state index in [0.717, 1.165) is 11.6 Å². The van der Waals surface area contributed by atoms with E-state index in [0.29, 0.717) is 13.1 Å². The molecular weight excluding hydrogens is 622 g/mol. The van der Waals surface area contributed by atoms with E-state index in [1.54, 1.807) is 12.1 Å². The first-order valence-corrected chi connectivity index (χ1v) is 15.5. The molecule has 0 aromatic heterocycles. The van der Waals surface area contributed by atoms with E-state index >= 15 is 0 Å². The predicted octanol–water partition coefficient (Wildman–Crippen LogP) is 4.66. The van der Waals surface area contributed by atoms with Crippen LogP contribution in [0.25, 0.3) is 0 Å². The third-order valence-corrected chi connectivity index (χ3v) is 9.56. The van der Waals surface area contributed by atoms with Gasteiger partial charge < -0.3 is 20.6 Å². The predicted molar refractivity (Wildman–Crippen MR) is 154 cm³/mol. The van der Waals surface area contributed by atoms with E-state index < -0.39 is 42.6 Å². The number of amides is 2. The number of phenolic OH excluding ortho intramolecular Hbond substituents is 1.